The number of aromatic nitrogens is 2. The van der Waals surface area contributed by atoms with E-state index in [1.165, 1.54) is 38.4 Å². The lowest BCUT2D eigenvalue weighted by atomic mass is 9.97. The number of oxazole rings is 1. The predicted molar refractivity (Wildman–Crippen MR) is 154 cm³/mol. The average molecular weight is 571 g/mol. The van der Waals surface area contributed by atoms with Crippen LogP contribution >= 0.6 is 0 Å². The lowest BCUT2D eigenvalue weighted by molar-refractivity contribution is 0.0964. The Morgan fingerprint density at radius 2 is 1.71 bits per heavy atom. The molecule has 1 N–H and O–H groups in total. The van der Waals surface area contributed by atoms with Gasteiger partial charge in [0.2, 0.25) is 15.9 Å². The van der Waals surface area contributed by atoms with Gasteiger partial charge in [-0.3, -0.25) is 14.1 Å². The number of halogens is 1. The molecule has 1 amide bonds. The van der Waals surface area contributed by atoms with E-state index in [9.17, 15) is 17.6 Å². The number of hydrogen-bond donors (Lipinski definition) is 1. The number of carbonyl (C=O) groups excluding carboxylic acids is 1. The number of pyridine rings is 1. The number of nitrogens with zero attached hydrogens (tertiary/aromatic N) is 3. The quantitative estimate of drug-likeness (QED) is 0.266. The van der Waals surface area contributed by atoms with Gasteiger partial charge in [0.05, 0.1) is 23.7 Å². The Labute approximate surface area is 234 Å². The molecule has 11 heteroatoms. The Morgan fingerprint density at radius 3 is 2.41 bits per heavy atom. The van der Waals surface area contributed by atoms with Gasteiger partial charge in [0.15, 0.2) is 5.58 Å². The molecular weight excluding hydrogens is 547 g/mol. The monoisotopic (exact) mass is 570 g/mol. The van der Waals surface area contributed by atoms with Crippen LogP contribution in [0.4, 0.5) is 10.1 Å². The van der Waals surface area contributed by atoms with Crippen LogP contribution < -0.4 is 9.62 Å². The molecular formula is C30H23FN4O5S. The van der Waals surface area contributed by atoms with Crippen molar-refractivity contribution >= 4 is 43.7 Å². The van der Waals surface area contributed by atoms with Gasteiger partial charge < -0.3 is 14.2 Å². The number of furan rings is 1. The van der Waals surface area contributed by atoms with Gasteiger partial charge in [0.1, 0.15) is 22.7 Å². The van der Waals surface area contributed by atoms with Crippen molar-refractivity contribution in [3.63, 3.8) is 0 Å². The van der Waals surface area contributed by atoms with Crippen LogP contribution in [0, 0.1) is 5.82 Å². The van der Waals surface area contributed by atoms with Crippen LogP contribution in [0.3, 0.4) is 0 Å². The summed E-state index contributed by atoms with van der Waals surface area (Å²) in [5, 5.41) is 3.10. The van der Waals surface area contributed by atoms with Gasteiger partial charge in [-0.1, -0.05) is 12.1 Å². The summed E-state index contributed by atoms with van der Waals surface area (Å²) in [5.41, 5.74) is 4.40. The summed E-state index contributed by atoms with van der Waals surface area (Å²) in [7, 11) is -0.736. The Morgan fingerprint density at radius 1 is 0.951 bits per heavy atom. The summed E-state index contributed by atoms with van der Waals surface area (Å²) in [6, 6.07) is 17.9. The largest absolute Gasteiger partial charge is 0.455 e. The van der Waals surface area contributed by atoms with Crippen LogP contribution in [0.25, 0.3) is 56.0 Å². The number of sulfonamides is 1. The van der Waals surface area contributed by atoms with Crippen molar-refractivity contribution in [3.05, 3.63) is 90.5 Å². The normalized spacial score (nSPS) is 11.7. The first kappa shape index (κ1) is 26.2. The second-order valence-electron chi connectivity index (χ2n) is 9.43. The number of benzene rings is 3. The minimum Gasteiger partial charge on any atom is -0.455 e. The number of amides is 1. The van der Waals surface area contributed by atoms with Gasteiger partial charge in [-0.05, 0) is 48.0 Å². The van der Waals surface area contributed by atoms with Crippen LogP contribution in [-0.2, 0) is 10.0 Å². The highest BCUT2D eigenvalue weighted by Crippen LogP contribution is 2.42. The minimum atomic E-state index is -3.68. The van der Waals surface area contributed by atoms with E-state index in [2.05, 4.69) is 15.3 Å². The summed E-state index contributed by atoms with van der Waals surface area (Å²) in [5.74, 6) is -0.229. The van der Waals surface area contributed by atoms with Crippen molar-refractivity contribution in [2.75, 3.05) is 24.7 Å². The minimum absolute atomic E-state index is 0.235. The third-order valence-electron chi connectivity index (χ3n) is 6.81. The van der Waals surface area contributed by atoms with Crippen LogP contribution in [0.5, 0.6) is 0 Å². The summed E-state index contributed by atoms with van der Waals surface area (Å²) in [6.45, 7) is 0. The molecule has 6 aromatic rings. The van der Waals surface area contributed by atoms with Gasteiger partial charge in [-0.15, -0.1) is 0 Å². The maximum Gasteiger partial charge on any atom is 0.255 e. The lowest BCUT2D eigenvalue weighted by Crippen LogP contribution is -2.25. The molecule has 0 saturated heterocycles. The first-order chi connectivity index (χ1) is 19.6. The molecule has 0 fully saturated rings. The molecule has 3 aromatic carbocycles. The van der Waals surface area contributed by atoms with E-state index >= 15 is 0 Å². The Balaban J connectivity index is 1.61. The third-order valence-corrected chi connectivity index (χ3v) is 8.01. The highest BCUT2D eigenvalue weighted by Gasteiger charge is 2.26. The molecule has 0 aliphatic heterocycles. The van der Waals surface area contributed by atoms with Crippen LogP contribution in [-0.4, -0.2) is 44.6 Å². The highest BCUT2D eigenvalue weighted by atomic mass is 32.2. The number of hydrogen-bond acceptors (Lipinski definition) is 7. The molecule has 41 heavy (non-hydrogen) atoms. The Kier molecular flexibility index (Phi) is 6.30. The zero-order valence-electron chi connectivity index (χ0n) is 22.2. The fourth-order valence-electron chi connectivity index (χ4n) is 4.68. The van der Waals surface area contributed by atoms with Gasteiger partial charge in [0, 0.05) is 54.5 Å². The van der Waals surface area contributed by atoms with Crippen molar-refractivity contribution in [1.29, 1.82) is 0 Å². The Hall–Kier alpha value is -5.03. The molecule has 0 spiro atoms. The first-order valence-electron chi connectivity index (χ1n) is 12.5. The van der Waals surface area contributed by atoms with Crippen LogP contribution in [0.15, 0.2) is 88.0 Å². The van der Waals surface area contributed by atoms with E-state index in [-0.39, 0.29) is 11.3 Å². The highest BCUT2D eigenvalue weighted by molar-refractivity contribution is 7.92. The number of fused-ring (bicyclic) bond motifs is 2. The van der Waals surface area contributed by atoms with Crippen molar-refractivity contribution in [2.45, 2.75) is 0 Å². The summed E-state index contributed by atoms with van der Waals surface area (Å²) in [6.07, 6.45) is 4.33. The first-order valence-corrected chi connectivity index (χ1v) is 14.3. The fraction of sp³-hybridized carbons (Fsp3) is 0.100. The standard InChI is InChI=1S/C30H23FN4O5S/c1-32-29(36)27-22-14-21(18-5-4-6-19(13-18)30-34-23-16-33-12-11-25(23)40-30)24(35(2)41(3,37)38)15-26(22)39-28(27)17-7-9-20(31)10-8-17/h4-16H,1-3H3,(H,32,36). The molecule has 206 valence electrons. The van der Waals surface area contributed by atoms with Crippen LogP contribution in [0.2, 0.25) is 0 Å². The smallest absolute Gasteiger partial charge is 0.255 e. The molecule has 3 heterocycles. The maximum absolute atomic E-state index is 13.7. The number of rotatable bonds is 6. The maximum atomic E-state index is 13.7. The van der Waals surface area contributed by atoms with Crippen molar-refractivity contribution < 1.29 is 26.4 Å². The summed E-state index contributed by atoms with van der Waals surface area (Å²) >= 11 is 0. The molecule has 9 nitrogen and oxygen atoms in total. The molecule has 0 aliphatic carbocycles. The van der Waals surface area contributed by atoms with E-state index in [1.54, 1.807) is 30.6 Å². The van der Waals surface area contributed by atoms with E-state index in [0.29, 0.717) is 55.9 Å². The molecule has 0 radical (unpaired) electrons. The molecule has 6 rings (SSSR count). The average Bonchev–Trinajstić information content (AvgIpc) is 3.57. The zero-order valence-corrected chi connectivity index (χ0v) is 23.0. The van der Waals surface area contributed by atoms with Gasteiger partial charge >= 0.3 is 0 Å². The molecule has 0 aliphatic rings. The van der Waals surface area contributed by atoms with Gasteiger partial charge in [-0.2, -0.15) is 0 Å². The Bertz CT molecular complexity index is 2030. The molecule has 0 saturated carbocycles. The van der Waals surface area contributed by atoms with Crippen molar-refractivity contribution in [1.82, 2.24) is 15.3 Å². The fourth-order valence-corrected chi connectivity index (χ4v) is 5.19. The topological polar surface area (TPSA) is 119 Å². The van der Waals surface area contributed by atoms with E-state index < -0.39 is 21.7 Å². The van der Waals surface area contributed by atoms with E-state index in [4.69, 9.17) is 8.83 Å². The molecule has 0 atom stereocenters. The second kappa shape index (κ2) is 9.86. The van der Waals surface area contributed by atoms with E-state index in [0.717, 1.165) is 10.6 Å². The second-order valence-corrected chi connectivity index (χ2v) is 11.4. The number of anilines is 1. The van der Waals surface area contributed by atoms with Crippen molar-refractivity contribution in [2.24, 2.45) is 0 Å². The molecule has 0 bridgehead atoms. The van der Waals surface area contributed by atoms with Crippen molar-refractivity contribution in [3.8, 4) is 33.9 Å². The van der Waals surface area contributed by atoms with Gasteiger partial charge in [-0.25, -0.2) is 17.8 Å². The van der Waals surface area contributed by atoms with Crippen LogP contribution in [0.1, 0.15) is 10.4 Å². The summed E-state index contributed by atoms with van der Waals surface area (Å²) in [4.78, 5) is 21.7. The summed E-state index contributed by atoms with van der Waals surface area (Å²) < 4.78 is 52.2. The molecule has 3 aromatic heterocycles. The number of nitrogens with one attached hydrogen (secondary N) is 1. The van der Waals surface area contributed by atoms with E-state index in [1.807, 2.05) is 24.3 Å². The number of carbonyl (C=O) groups is 1. The SMILES string of the molecule is CNC(=O)c1c(-c2ccc(F)cc2)oc2cc(N(C)S(C)(=O)=O)c(-c3cccc(-c4nc5cnccc5o4)c3)cc12. The zero-order chi connectivity index (χ0) is 28.9. The van der Waals surface area contributed by atoms with Gasteiger partial charge in [0.25, 0.3) is 5.91 Å². The lowest BCUT2D eigenvalue weighted by Gasteiger charge is -2.21. The predicted octanol–water partition coefficient (Wildman–Crippen LogP) is 5.86. The third kappa shape index (κ3) is 4.70. The molecule has 0 unspecified atom stereocenters.